The summed E-state index contributed by atoms with van der Waals surface area (Å²) in [6.07, 6.45) is 0. The average molecular weight is 302 g/mol. The molecule has 0 radical (unpaired) electrons. The molecule has 0 aliphatic carbocycles. The summed E-state index contributed by atoms with van der Waals surface area (Å²) in [5.74, 6) is -0.313. The topological polar surface area (TPSA) is 95.1 Å². The molecule has 1 aromatic heterocycles. The number of benzene rings is 1. The standard InChI is InChI=1S/C11H12ClN3O3S/c1-6-11(7(2)14-13-6)19(17,18)15-9-5-3-4-8(12)10(9)16/h3-5,15-16H,1-2H3,(H,13,14). The molecule has 0 bridgehead atoms. The van der Waals surface area contributed by atoms with E-state index in [9.17, 15) is 13.5 Å². The second-order valence-corrected chi connectivity index (χ2v) is 6.03. The monoisotopic (exact) mass is 301 g/mol. The smallest absolute Gasteiger partial charge is 0.265 e. The van der Waals surface area contributed by atoms with Crippen molar-refractivity contribution < 1.29 is 13.5 Å². The predicted molar refractivity (Wildman–Crippen MR) is 72.0 cm³/mol. The Balaban J connectivity index is 2.46. The fraction of sp³-hybridized carbons (Fsp3) is 0.182. The van der Waals surface area contributed by atoms with Crippen LogP contribution in [-0.4, -0.2) is 23.7 Å². The molecule has 2 aromatic rings. The second kappa shape index (κ2) is 4.75. The van der Waals surface area contributed by atoms with Crippen molar-refractivity contribution in [3.63, 3.8) is 0 Å². The molecule has 6 nitrogen and oxygen atoms in total. The first-order valence-electron chi connectivity index (χ1n) is 5.35. The third-order valence-corrected chi connectivity index (χ3v) is 4.49. The number of rotatable bonds is 3. The van der Waals surface area contributed by atoms with Crippen LogP contribution in [0.3, 0.4) is 0 Å². The number of hydrogen-bond donors (Lipinski definition) is 3. The molecule has 102 valence electrons. The van der Waals surface area contributed by atoms with Gasteiger partial charge in [0.1, 0.15) is 4.90 Å². The first kappa shape index (κ1) is 13.7. The molecule has 0 fully saturated rings. The van der Waals surface area contributed by atoms with Gasteiger partial charge in [0.25, 0.3) is 10.0 Å². The molecule has 0 spiro atoms. The molecule has 1 heterocycles. The van der Waals surface area contributed by atoms with E-state index >= 15 is 0 Å². The van der Waals surface area contributed by atoms with Crippen molar-refractivity contribution in [2.24, 2.45) is 0 Å². The molecular weight excluding hydrogens is 290 g/mol. The van der Waals surface area contributed by atoms with Crippen LogP contribution in [0.15, 0.2) is 23.1 Å². The van der Waals surface area contributed by atoms with Crippen LogP contribution in [0.25, 0.3) is 0 Å². The highest BCUT2D eigenvalue weighted by Crippen LogP contribution is 2.33. The Labute approximate surface area is 115 Å². The lowest BCUT2D eigenvalue weighted by Crippen LogP contribution is -2.14. The van der Waals surface area contributed by atoms with Gasteiger partial charge in [-0.1, -0.05) is 17.7 Å². The number of phenols is 1. The molecule has 0 aliphatic heterocycles. The number of aromatic amines is 1. The number of H-pyrrole nitrogens is 1. The Kier molecular flexibility index (Phi) is 3.42. The summed E-state index contributed by atoms with van der Waals surface area (Å²) in [5, 5.41) is 16.2. The summed E-state index contributed by atoms with van der Waals surface area (Å²) in [7, 11) is -3.83. The normalized spacial score (nSPS) is 11.5. The summed E-state index contributed by atoms with van der Waals surface area (Å²) < 4.78 is 26.8. The van der Waals surface area contributed by atoms with Gasteiger partial charge in [-0.05, 0) is 26.0 Å². The fourth-order valence-corrected chi connectivity index (χ4v) is 3.34. The van der Waals surface area contributed by atoms with Crippen LogP contribution in [0, 0.1) is 13.8 Å². The number of nitrogens with zero attached hydrogens (tertiary/aromatic N) is 1. The van der Waals surface area contributed by atoms with Gasteiger partial charge in [0.15, 0.2) is 5.75 Å². The van der Waals surface area contributed by atoms with Crippen LogP contribution >= 0.6 is 11.6 Å². The molecule has 0 saturated carbocycles. The van der Waals surface area contributed by atoms with Crippen molar-refractivity contribution in [1.29, 1.82) is 0 Å². The number of para-hydroxylation sites is 1. The third kappa shape index (κ3) is 2.52. The van der Waals surface area contributed by atoms with Crippen molar-refractivity contribution >= 4 is 27.3 Å². The maximum atomic E-state index is 12.2. The van der Waals surface area contributed by atoms with Crippen molar-refractivity contribution in [2.45, 2.75) is 18.7 Å². The molecule has 0 saturated heterocycles. The van der Waals surface area contributed by atoms with E-state index in [1.54, 1.807) is 13.8 Å². The quantitative estimate of drug-likeness (QED) is 0.757. The minimum absolute atomic E-state index is 0.0208. The van der Waals surface area contributed by atoms with Crippen LogP contribution in [0.2, 0.25) is 5.02 Å². The molecule has 3 N–H and O–H groups in total. The van der Waals surface area contributed by atoms with Crippen LogP contribution in [0.4, 0.5) is 5.69 Å². The molecule has 2 rings (SSSR count). The van der Waals surface area contributed by atoms with Crippen LogP contribution < -0.4 is 4.72 Å². The first-order chi connectivity index (χ1) is 8.83. The molecule has 19 heavy (non-hydrogen) atoms. The highest BCUT2D eigenvalue weighted by atomic mass is 35.5. The van der Waals surface area contributed by atoms with Crippen LogP contribution in [0.5, 0.6) is 5.75 Å². The van der Waals surface area contributed by atoms with E-state index in [4.69, 9.17) is 11.6 Å². The molecule has 8 heteroatoms. The zero-order valence-electron chi connectivity index (χ0n) is 10.2. The van der Waals surface area contributed by atoms with E-state index in [-0.39, 0.29) is 21.4 Å². The highest BCUT2D eigenvalue weighted by molar-refractivity contribution is 7.92. The number of aryl methyl sites for hydroxylation is 2. The van der Waals surface area contributed by atoms with Gasteiger partial charge in [0.2, 0.25) is 0 Å². The molecule has 0 amide bonds. The van der Waals surface area contributed by atoms with Gasteiger partial charge < -0.3 is 5.11 Å². The minimum atomic E-state index is -3.83. The zero-order valence-corrected chi connectivity index (χ0v) is 11.8. The number of nitrogens with one attached hydrogen (secondary N) is 2. The molecule has 1 aromatic carbocycles. The summed E-state index contributed by atoms with van der Waals surface area (Å²) in [4.78, 5) is 0.0619. The lowest BCUT2D eigenvalue weighted by atomic mass is 10.3. The average Bonchev–Trinajstić information content (AvgIpc) is 2.65. The summed E-state index contributed by atoms with van der Waals surface area (Å²) in [6, 6.07) is 4.42. The van der Waals surface area contributed by atoms with E-state index in [1.807, 2.05) is 0 Å². The van der Waals surface area contributed by atoms with Gasteiger partial charge >= 0.3 is 0 Å². The van der Waals surface area contributed by atoms with E-state index in [0.717, 1.165) is 0 Å². The highest BCUT2D eigenvalue weighted by Gasteiger charge is 2.23. The number of aromatic hydroxyl groups is 1. The Morgan fingerprint density at radius 2 is 2.05 bits per heavy atom. The Bertz CT molecular complexity index is 705. The largest absolute Gasteiger partial charge is 0.504 e. The maximum absolute atomic E-state index is 12.2. The predicted octanol–water partition coefficient (Wildman–Crippen LogP) is 2.19. The van der Waals surface area contributed by atoms with Crippen LogP contribution in [-0.2, 0) is 10.0 Å². The Morgan fingerprint density at radius 3 is 2.63 bits per heavy atom. The molecule has 0 atom stereocenters. The third-order valence-electron chi connectivity index (χ3n) is 2.56. The van der Waals surface area contributed by atoms with Gasteiger partial charge in [-0.2, -0.15) is 5.10 Å². The van der Waals surface area contributed by atoms with Gasteiger partial charge in [-0.3, -0.25) is 9.82 Å². The van der Waals surface area contributed by atoms with Crippen molar-refractivity contribution in [2.75, 3.05) is 4.72 Å². The van der Waals surface area contributed by atoms with Gasteiger partial charge in [-0.25, -0.2) is 8.42 Å². The van der Waals surface area contributed by atoms with E-state index in [0.29, 0.717) is 11.4 Å². The number of aromatic nitrogens is 2. The second-order valence-electron chi connectivity index (χ2n) is 4.00. The summed E-state index contributed by atoms with van der Waals surface area (Å²) >= 11 is 5.73. The van der Waals surface area contributed by atoms with Crippen molar-refractivity contribution in [1.82, 2.24) is 10.2 Å². The van der Waals surface area contributed by atoms with E-state index in [2.05, 4.69) is 14.9 Å². The number of hydrogen-bond acceptors (Lipinski definition) is 4. The van der Waals surface area contributed by atoms with Crippen molar-refractivity contribution in [3.8, 4) is 5.75 Å². The first-order valence-corrected chi connectivity index (χ1v) is 7.21. The minimum Gasteiger partial charge on any atom is -0.504 e. The number of sulfonamides is 1. The number of halogens is 1. The lowest BCUT2D eigenvalue weighted by Gasteiger charge is -2.10. The summed E-state index contributed by atoms with van der Waals surface area (Å²) in [5.41, 5.74) is 0.797. The van der Waals surface area contributed by atoms with E-state index in [1.165, 1.54) is 18.2 Å². The van der Waals surface area contributed by atoms with Crippen LogP contribution in [0.1, 0.15) is 11.4 Å². The maximum Gasteiger partial charge on any atom is 0.265 e. The van der Waals surface area contributed by atoms with E-state index < -0.39 is 10.0 Å². The fourth-order valence-electron chi connectivity index (χ4n) is 1.73. The van der Waals surface area contributed by atoms with Gasteiger partial charge in [-0.15, -0.1) is 0 Å². The Morgan fingerprint density at radius 1 is 1.37 bits per heavy atom. The Hall–Kier alpha value is -1.73. The molecular formula is C11H12ClN3O3S. The molecule has 0 unspecified atom stereocenters. The van der Waals surface area contributed by atoms with Crippen molar-refractivity contribution in [3.05, 3.63) is 34.6 Å². The lowest BCUT2D eigenvalue weighted by molar-refractivity contribution is 0.478. The molecule has 0 aliphatic rings. The zero-order chi connectivity index (χ0) is 14.2. The number of phenolic OH excluding ortho intramolecular Hbond substituents is 1. The SMILES string of the molecule is Cc1n[nH]c(C)c1S(=O)(=O)Nc1cccc(Cl)c1O. The van der Waals surface area contributed by atoms with Gasteiger partial charge in [0.05, 0.1) is 22.1 Å². The number of anilines is 1. The van der Waals surface area contributed by atoms with Gasteiger partial charge in [0, 0.05) is 0 Å². The summed E-state index contributed by atoms with van der Waals surface area (Å²) in [6.45, 7) is 3.18.